The Hall–Kier alpha value is -0.850. The van der Waals surface area contributed by atoms with Crippen molar-refractivity contribution in [1.29, 1.82) is 0 Å². The summed E-state index contributed by atoms with van der Waals surface area (Å²) in [5.41, 5.74) is 0. The fourth-order valence-corrected chi connectivity index (χ4v) is 3.41. The summed E-state index contributed by atoms with van der Waals surface area (Å²) >= 11 is 0. The minimum absolute atomic E-state index is 0.533. The summed E-state index contributed by atoms with van der Waals surface area (Å²) in [5, 5.41) is 1.50. The number of rotatable bonds is 1. The monoisotopic (exact) mass is 194 g/mol. The van der Waals surface area contributed by atoms with Crippen molar-refractivity contribution in [2.24, 2.45) is 0 Å². The van der Waals surface area contributed by atoms with Gasteiger partial charge in [0.25, 0.3) is 7.37 Å². The minimum Gasteiger partial charge on any atom is -0.322 e. The first kappa shape index (κ1) is 8.74. The van der Waals surface area contributed by atoms with E-state index in [1.807, 2.05) is 30.3 Å². The lowest BCUT2D eigenvalue weighted by molar-refractivity contribution is 0.357. The second-order valence-electron chi connectivity index (χ2n) is 3.04. The maximum Gasteiger partial charge on any atom is 0.256 e. The molecule has 1 aromatic carbocycles. The van der Waals surface area contributed by atoms with Gasteiger partial charge in [0, 0.05) is 17.0 Å². The Labute approximate surface area is 77.7 Å². The summed E-state index contributed by atoms with van der Waals surface area (Å²) in [5.74, 6) is 0. The topological polar surface area (TPSA) is 26.3 Å². The average Bonchev–Trinajstić information content (AvgIpc) is 2.50. The molecule has 13 heavy (non-hydrogen) atoms. The normalized spacial score (nSPS) is 27.8. The molecule has 0 aromatic heterocycles. The van der Waals surface area contributed by atoms with E-state index in [-0.39, 0.29) is 0 Å². The Kier molecular flexibility index (Phi) is 2.10. The summed E-state index contributed by atoms with van der Waals surface area (Å²) in [6.45, 7) is 4.33. The zero-order chi connectivity index (χ0) is 9.31. The molecule has 0 spiro atoms. The molecule has 1 heterocycles. The lowest BCUT2D eigenvalue weighted by atomic mass is 10.4. The zero-order valence-corrected chi connectivity index (χ0v) is 8.17. The van der Waals surface area contributed by atoms with Crippen molar-refractivity contribution < 1.29 is 9.09 Å². The standard InChI is InChI=1S/C10H11O2P/c1-9-7-8-12-13(9,11)10-5-3-2-4-6-10/h2-6H,1,7-8H2. The van der Waals surface area contributed by atoms with E-state index in [4.69, 9.17) is 4.52 Å². The van der Waals surface area contributed by atoms with Crippen LogP contribution in [0.1, 0.15) is 6.42 Å². The maximum absolute atomic E-state index is 12.2. The third-order valence-corrected chi connectivity index (χ3v) is 4.76. The number of hydrogen-bond donors (Lipinski definition) is 0. The predicted molar refractivity (Wildman–Crippen MR) is 53.4 cm³/mol. The lowest BCUT2D eigenvalue weighted by Crippen LogP contribution is -2.02. The van der Waals surface area contributed by atoms with Crippen LogP contribution in [0, 0.1) is 0 Å². The Morgan fingerprint density at radius 3 is 2.54 bits per heavy atom. The smallest absolute Gasteiger partial charge is 0.256 e. The van der Waals surface area contributed by atoms with Crippen LogP contribution in [0.2, 0.25) is 0 Å². The van der Waals surface area contributed by atoms with Gasteiger partial charge in [-0.1, -0.05) is 24.8 Å². The van der Waals surface area contributed by atoms with Crippen LogP contribution in [-0.4, -0.2) is 6.61 Å². The minimum atomic E-state index is -2.71. The quantitative estimate of drug-likeness (QED) is 0.642. The zero-order valence-electron chi connectivity index (χ0n) is 7.27. The molecule has 2 rings (SSSR count). The van der Waals surface area contributed by atoms with Crippen LogP contribution in [0.3, 0.4) is 0 Å². The fourth-order valence-electron chi connectivity index (χ4n) is 1.41. The average molecular weight is 194 g/mol. The molecule has 1 saturated heterocycles. The number of hydrogen-bond acceptors (Lipinski definition) is 2. The second kappa shape index (κ2) is 3.13. The highest BCUT2D eigenvalue weighted by Gasteiger charge is 2.34. The van der Waals surface area contributed by atoms with Crippen LogP contribution in [0.5, 0.6) is 0 Å². The number of benzene rings is 1. The van der Waals surface area contributed by atoms with Gasteiger partial charge >= 0.3 is 0 Å². The highest BCUT2D eigenvalue weighted by atomic mass is 31.2. The summed E-state index contributed by atoms with van der Waals surface area (Å²) in [6, 6.07) is 9.29. The van der Waals surface area contributed by atoms with Gasteiger partial charge in [0.2, 0.25) is 0 Å². The van der Waals surface area contributed by atoms with Crippen LogP contribution in [-0.2, 0) is 9.09 Å². The second-order valence-corrected chi connectivity index (χ2v) is 5.55. The summed E-state index contributed by atoms with van der Waals surface area (Å²) in [4.78, 5) is 0. The van der Waals surface area contributed by atoms with E-state index in [9.17, 15) is 4.57 Å². The SMILES string of the molecule is C=C1CCOP1(=O)c1ccccc1. The van der Waals surface area contributed by atoms with Crippen LogP contribution in [0.25, 0.3) is 0 Å². The van der Waals surface area contributed by atoms with Crippen molar-refractivity contribution >= 4 is 12.7 Å². The molecule has 3 heteroatoms. The highest BCUT2D eigenvalue weighted by molar-refractivity contribution is 7.71. The van der Waals surface area contributed by atoms with Gasteiger partial charge in [-0.15, -0.1) is 0 Å². The molecular weight excluding hydrogens is 183 g/mol. The predicted octanol–water partition coefficient (Wildman–Crippen LogP) is 2.52. The van der Waals surface area contributed by atoms with E-state index in [0.717, 1.165) is 10.6 Å². The molecule has 0 saturated carbocycles. The van der Waals surface area contributed by atoms with Gasteiger partial charge in [0.1, 0.15) is 0 Å². The van der Waals surface area contributed by atoms with Crippen LogP contribution >= 0.6 is 7.37 Å². The van der Waals surface area contributed by atoms with E-state index in [2.05, 4.69) is 6.58 Å². The van der Waals surface area contributed by atoms with Crippen LogP contribution in [0.4, 0.5) is 0 Å². The maximum atomic E-state index is 12.2. The first-order chi connectivity index (χ1) is 6.23. The Morgan fingerprint density at radius 2 is 2.00 bits per heavy atom. The van der Waals surface area contributed by atoms with Gasteiger partial charge in [-0.3, -0.25) is 4.57 Å². The molecule has 1 aromatic rings. The Morgan fingerprint density at radius 1 is 1.31 bits per heavy atom. The largest absolute Gasteiger partial charge is 0.322 e. The molecule has 0 radical (unpaired) electrons. The molecular formula is C10H11O2P. The molecule has 1 atom stereocenters. The van der Waals surface area contributed by atoms with Crippen molar-refractivity contribution in [3.05, 3.63) is 42.2 Å². The van der Waals surface area contributed by atoms with Gasteiger partial charge in [-0.05, 0) is 12.1 Å². The molecule has 1 fully saturated rings. The van der Waals surface area contributed by atoms with Gasteiger partial charge in [0.15, 0.2) is 0 Å². The third kappa shape index (κ3) is 1.37. The fraction of sp³-hybridized carbons (Fsp3) is 0.200. The molecule has 0 aliphatic carbocycles. The molecule has 0 bridgehead atoms. The van der Waals surface area contributed by atoms with Crippen molar-refractivity contribution in [1.82, 2.24) is 0 Å². The molecule has 1 aliphatic heterocycles. The van der Waals surface area contributed by atoms with Crippen molar-refractivity contribution in [3.8, 4) is 0 Å². The van der Waals surface area contributed by atoms with E-state index < -0.39 is 7.37 Å². The summed E-state index contributed by atoms with van der Waals surface area (Å²) in [7, 11) is -2.71. The van der Waals surface area contributed by atoms with Gasteiger partial charge in [-0.2, -0.15) is 0 Å². The summed E-state index contributed by atoms with van der Waals surface area (Å²) in [6.07, 6.45) is 0.714. The van der Waals surface area contributed by atoms with Gasteiger partial charge in [-0.25, -0.2) is 0 Å². The molecule has 2 nitrogen and oxygen atoms in total. The van der Waals surface area contributed by atoms with Gasteiger partial charge in [0.05, 0.1) is 6.61 Å². The molecule has 0 amide bonds. The Balaban J connectivity index is 2.46. The van der Waals surface area contributed by atoms with Crippen LogP contribution < -0.4 is 5.30 Å². The summed E-state index contributed by atoms with van der Waals surface area (Å²) < 4.78 is 17.5. The van der Waals surface area contributed by atoms with Crippen molar-refractivity contribution in [3.63, 3.8) is 0 Å². The van der Waals surface area contributed by atoms with E-state index in [1.165, 1.54) is 0 Å². The Bertz CT molecular complexity index is 370. The first-order valence-corrected chi connectivity index (χ1v) is 5.84. The molecule has 1 unspecified atom stereocenters. The van der Waals surface area contributed by atoms with E-state index in [0.29, 0.717) is 13.0 Å². The van der Waals surface area contributed by atoms with Crippen LogP contribution in [0.15, 0.2) is 42.2 Å². The van der Waals surface area contributed by atoms with Crippen molar-refractivity contribution in [2.75, 3.05) is 6.61 Å². The van der Waals surface area contributed by atoms with E-state index >= 15 is 0 Å². The van der Waals surface area contributed by atoms with Gasteiger partial charge < -0.3 is 4.52 Å². The highest BCUT2D eigenvalue weighted by Crippen LogP contribution is 2.58. The first-order valence-electron chi connectivity index (χ1n) is 4.22. The molecule has 0 N–H and O–H groups in total. The van der Waals surface area contributed by atoms with E-state index in [1.54, 1.807) is 0 Å². The molecule has 68 valence electrons. The molecule has 1 aliphatic rings. The van der Waals surface area contributed by atoms with Crippen molar-refractivity contribution in [2.45, 2.75) is 6.42 Å². The lowest BCUT2D eigenvalue weighted by Gasteiger charge is -2.11. The third-order valence-electron chi connectivity index (χ3n) is 2.18.